The van der Waals surface area contributed by atoms with Crippen LogP contribution in [0.25, 0.3) is 0 Å². The number of ether oxygens (including phenoxy) is 1. The molecular formula is C15H17N5O2S. The van der Waals surface area contributed by atoms with Crippen LogP contribution < -0.4 is 10.1 Å². The van der Waals surface area contributed by atoms with Crippen LogP contribution in [0.15, 0.2) is 29.4 Å². The smallest absolute Gasteiger partial charge is 0.270 e. The van der Waals surface area contributed by atoms with Gasteiger partial charge < -0.3 is 4.74 Å². The molecule has 1 heterocycles. The molecule has 2 rings (SSSR count). The number of anilines is 1. The molecule has 1 N–H and O–H groups in total. The average molecular weight is 331 g/mol. The minimum atomic E-state index is -1.12. The lowest BCUT2D eigenvalue weighted by atomic mass is 10.1. The monoisotopic (exact) mass is 331 g/mol. The molecule has 1 aromatic carbocycles. The minimum absolute atomic E-state index is 0.235. The highest BCUT2D eigenvalue weighted by atomic mass is 32.2. The standard InChI is InChI=1S/C15H17N5O2S/c1-15(2,22-11-7-5-10(9-16)6-8-11)12(21)17-13-18-14(23-4)20(3)19-13/h5-8H,1-4H3,(H,17,19,21). The van der Waals surface area contributed by atoms with E-state index < -0.39 is 5.60 Å². The maximum absolute atomic E-state index is 12.4. The SMILES string of the molecule is CSc1nc(NC(=O)C(C)(C)Oc2ccc(C#N)cc2)nn1C. The van der Waals surface area contributed by atoms with Crippen molar-refractivity contribution in [3.05, 3.63) is 29.8 Å². The topological polar surface area (TPSA) is 92.8 Å². The lowest BCUT2D eigenvalue weighted by Gasteiger charge is -2.24. The first-order valence-electron chi connectivity index (χ1n) is 6.81. The Hall–Kier alpha value is -2.53. The van der Waals surface area contributed by atoms with Crippen LogP contribution >= 0.6 is 11.8 Å². The summed E-state index contributed by atoms with van der Waals surface area (Å²) in [7, 11) is 1.76. The number of carbonyl (C=O) groups excluding carboxylic acids is 1. The summed E-state index contributed by atoms with van der Waals surface area (Å²) in [4.78, 5) is 16.6. The van der Waals surface area contributed by atoms with Crippen molar-refractivity contribution in [2.24, 2.45) is 7.05 Å². The molecule has 0 aliphatic heterocycles. The maximum atomic E-state index is 12.4. The lowest BCUT2D eigenvalue weighted by Crippen LogP contribution is -2.42. The number of amides is 1. The van der Waals surface area contributed by atoms with Gasteiger partial charge >= 0.3 is 0 Å². The van der Waals surface area contributed by atoms with Crippen LogP contribution in [0.1, 0.15) is 19.4 Å². The molecular weight excluding hydrogens is 314 g/mol. The summed E-state index contributed by atoms with van der Waals surface area (Å²) in [5, 5.41) is 16.3. The van der Waals surface area contributed by atoms with Crippen LogP contribution in [0, 0.1) is 11.3 Å². The zero-order valence-electron chi connectivity index (χ0n) is 13.3. The Morgan fingerprint density at radius 3 is 2.57 bits per heavy atom. The Bertz CT molecular complexity index is 746. The summed E-state index contributed by atoms with van der Waals surface area (Å²) < 4.78 is 7.30. The zero-order valence-corrected chi connectivity index (χ0v) is 14.1. The summed E-state index contributed by atoms with van der Waals surface area (Å²) in [5.41, 5.74) is -0.589. The molecule has 23 heavy (non-hydrogen) atoms. The Balaban J connectivity index is 2.07. The third-order valence-corrected chi connectivity index (χ3v) is 3.75. The summed E-state index contributed by atoms with van der Waals surface area (Å²) in [6.07, 6.45) is 1.88. The molecule has 8 heteroatoms. The van der Waals surface area contributed by atoms with E-state index in [1.807, 2.05) is 12.3 Å². The molecule has 0 aliphatic rings. The number of aryl methyl sites for hydroxylation is 1. The average Bonchev–Trinajstić information content (AvgIpc) is 2.87. The van der Waals surface area contributed by atoms with E-state index in [0.29, 0.717) is 16.5 Å². The summed E-state index contributed by atoms with van der Waals surface area (Å²) in [5.74, 6) is 0.376. The fourth-order valence-corrected chi connectivity index (χ4v) is 2.27. The molecule has 0 saturated carbocycles. The van der Waals surface area contributed by atoms with Gasteiger partial charge in [0, 0.05) is 7.05 Å². The number of nitrogens with zero attached hydrogens (tertiary/aromatic N) is 4. The maximum Gasteiger partial charge on any atom is 0.270 e. The molecule has 1 aromatic heterocycles. The van der Waals surface area contributed by atoms with E-state index in [2.05, 4.69) is 15.4 Å². The third-order valence-electron chi connectivity index (χ3n) is 3.03. The number of thioether (sulfide) groups is 1. The molecule has 7 nitrogen and oxygen atoms in total. The fourth-order valence-electron chi connectivity index (χ4n) is 1.79. The number of nitrogens with one attached hydrogen (secondary N) is 1. The quantitative estimate of drug-likeness (QED) is 0.844. The highest BCUT2D eigenvalue weighted by molar-refractivity contribution is 7.98. The van der Waals surface area contributed by atoms with Gasteiger partial charge in [0.15, 0.2) is 10.8 Å². The summed E-state index contributed by atoms with van der Waals surface area (Å²) in [6, 6.07) is 8.60. The van der Waals surface area contributed by atoms with Crippen molar-refractivity contribution in [2.45, 2.75) is 24.6 Å². The number of aromatic nitrogens is 3. The molecule has 1 amide bonds. The van der Waals surface area contributed by atoms with E-state index in [4.69, 9.17) is 10.00 Å². The van der Waals surface area contributed by atoms with Crippen LogP contribution in [0.3, 0.4) is 0 Å². The Labute approximate surface area is 138 Å². The van der Waals surface area contributed by atoms with Crippen LogP contribution in [-0.4, -0.2) is 32.5 Å². The van der Waals surface area contributed by atoms with Gasteiger partial charge in [-0.2, -0.15) is 10.2 Å². The molecule has 0 spiro atoms. The predicted octanol–water partition coefficient (Wildman–Crippen LogP) is 2.20. The second kappa shape index (κ2) is 6.71. The van der Waals surface area contributed by atoms with Crippen molar-refractivity contribution >= 4 is 23.6 Å². The first kappa shape index (κ1) is 16.8. The molecule has 0 atom stereocenters. The summed E-state index contributed by atoms with van der Waals surface area (Å²) >= 11 is 1.44. The fraction of sp³-hybridized carbons (Fsp3) is 0.333. The first-order chi connectivity index (χ1) is 10.9. The number of hydrogen-bond donors (Lipinski definition) is 1. The van der Waals surface area contributed by atoms with Crippen LogP contribution in [0.2, 0.25) is 0 Å². The van der Waals surface area contributed by atoms with E-state index >= 15 is 0 Å². The van der Waals surface area contributed by atoms with E-state index in [1.54, 1.807) is 49.8 Å². The van der Waals surface area contributed by atoms with Crippen molar-refractivity contribution in [1.29, 1.82) is 5.26 Å². The van der Waals surface area contributed by atoms with Crippen LogP contribution in [0.4, 0.5) is 5.95 Å². The van der Waals surface area contributed by atoms with E-state index in [-0.39, 0.29) is 11.9 Å². The number of carbonyl (C=O) groups is 1. The molecule has 120 valence electrons. The van der Waals surface area contributed by atoms with Crippen molar-refractivity contribution in [3.63, 3.8) is 0 Å². The van der Waals surface area contributed by atoms with Crippen molar-refractivity contribution < 1.29 is 9.53 Å². The molecule has 0 aliphatic carbocycles. The highest BCUT2D eigenvalue weighted by Gasteiger charge is 2.31. The summed E-state index contributed by atoms with van der Waals surface area (Å²) in [6.45, 7) is 3.30. The zero-order chi connectivity index (χ0) is 17.0. The Kier molecular flexibility index (Phi) is 4.91. The number of benzene rings is 1. The molecule has 0 radical (unpaired) electrons. The molecule has 0 saturated heterocycles. The van der Waals surface area contributed by atoms with Crippen molar-refractivity contribution in [3.8, 4) is 11.8 Å². The predicted molar refractivity (Wildman–Crippen MR) is 87.3 cm³/mol. The minimum Gasteiger partial charge on any atom is -0.478 e. The second-order valence-electron chi connectivity index (χ2n) is 5.25. The highest BCUT2D eigenvalue weighted by Crippen LogP contribution is 2.20. The van der Waals surface area contributed by atoms with E-state index in [9.17, 15) is 4.79 Å². The van der Waals surface area contributed by atoms with E-state index in [1.165, 1.54) is 11.8 Å². The number of nitriles is 1. The first-order valence-corrected chi connectivity index (χ1v) is 8.04. The van der Waals surface area contributed by atoms with Crippen molar-refractivity contribution in [2.75, 3.05) is 11.6 Å². The second-order valence-corrected chi connectivity index (χ2v) is 6.02. The Morgan fingerprint density at radius 2 is 2.04 bits per heavy atom. The van der Waals surface area contributed by atoms with Crippen LogP contribution in [-0.2, 0) is 11.8 Å². The van der Waals surface area contributed by atoms with Gasteiger partial charge in [-0.05, 0) is 44.4 Å². The van der Waals surface area contributed by atoms with Gasteiger partial charge in [-0.25, -0.2) is 4.68 Å². The molecule has 0 fully saturated rings. The lowest BCUT2D eigenvalue weighted by molar-refractivity contribution is -0.128. The number of rotatable bonds is 5. The molecule has 0 bridgehead atoms. The van der Waals surface area contributed by atoms with Gasteiger partial charge in [-0.1, -0.05) is 11.8 Å². The third kappa shape index (κ3) is 4.02. The van der Waals surface area contributed by atoms with Gasteiger partial charge in [-0.15, -0.1) is 5.10 Å². The van der Waals surface area contributed by atoms with Gasteiger partial charge in [0.1, 0.15) is 5.75 Å². The van der Waals surface area contributed by atoms with Gasteiger partial charge in [0.25, 0.3) is 5.91 Å². The molecule has 0 unspecified atom stereocenters. The molecule has 2 aromatic rings. The van der Waals surface area contributed by atoms with Gasteiger partial charge in [-0.3, -0.25) is 10.1 Å². The largest absolute Gasteiger partial charge is 0.478 e. The van der Waals surface area contributed by atoms with Gasteiger partial charge in [0.05, 0.1) is 11.6 Å². The van der Waals surface area contributed by atoms with Crippen molar-refractivity contribution in [1.82, 2.24) is 14.8 Å². The van der Waals surface area contributed by atoms with Gasteiger partial charge in [0.2, 0.25) is 5.95 Å². The van der Waals surface area contributed by atoms with Crippen LogP contribution in [0.5, 0.6) is 5.75 Å². The van der Waals surface area contributed by atoms with E-state index in [0.717, 1.165) is 0 Å². The number of hydrogen-bond acceptors (Lipinski definition) is 6. The Morgan fingerprint density at radius 1 is 1.39 bits per heavy atom. The normalized spacial score (nSPS) is 10.9.